The van der Waals surface area contributed by atoms with E-state index in [2.05, 4.69) is 4.72 Å². The molecule has 6 nitrogen and oxygen atoms in total. The Morgan fingerprint density at radius 3 is 2.42 bits per heavy atom. The first kappa shape index (κ1) is 23.2. The fourth-order valence-electron chi connectivity index (χ4n) is 3.85. The molecule has 3 rings (SSSR count). The third kappa shape index (κ3) is 6.51. The minimum atomic E-state index is -3.44. The van der Waals surface area contributed by atoms with Crippen molar-refractivity contribution < 1.29 is 22.3 Å². The van der Waals surface area contributed by atoms with Gasteiger partial charge in [0.1, 0.15) is 11.4 Å². The highest BCUT2D eigenvalue weighted by atomic mass is 32.2. The number of carbonyl (C=O) groups is 1. The second-order valence-electron chi connectivity index (χ2n) is 8.94. The van der Waals surface area contributed by atoms with Gasteiger partial charge in [0.05, 0.1) is 12.3 Å². The average molecular weight is 449 g/mol. The van der Waals surface area contributed by atoms with E-state index in [1.807, 2.05) is 30.3 Å². The minimum absolute atomic E-state index is 0.313. The second kappa shape index (κ2) is 8.96. The molecule has 1 saturated heterocycles. The van der Waals surface area contributed by atoms with Crippen molar-refractivity contribution >= 4 is 16.1 Å². The number of benzene rings is 2. The molecule has 0 aliphatic carbocycles. The van der Waals surface area contributed by atoms with Gasteiger partial charge in [0.2, 0.25) is 10.0 Å². The van der Waals surface area contributed by atoms with Crippen molar-refractivity contribution in [1.29, 1.82) is 0 Å². The summed E-state index contributed by atoms with van der Waals surface area (Å²) in [6, 6.07) is 13.2. The molecule has 1 aliphatic heterocycles. The zero-order valence-electron chi connectivity index (χ0n) is 18.3. The number of hydrogen-bond acceptors (Lipinski definition) is 4. The number of hydrogen-bond donors (Lipinski definition) is 1. The molecule has 1 N–H and O–H groups in total. The number of likely N-dealkylation sites (tertiary alicyclic amines) is 1. The van der Waals surface area contributed by atoms with Gasteiger partial charge in [-0.2, -0.15) is 0 Å². The largest absolute Gasteiger partial charge is 0.444 e. The van der Waals surface area contributed by atoms with E-state index >= 15 is 0 Å². The summed E-state index contributed by atoms with van der Waals surface area (Å²) < 4.78 is 45.6. The summed E-state index contributed by atoms with van der Waals surface area (Å²) in [5.74, 6) is -0.313. The smallest absolute Gasteiger partial charge is 0.410 e. The summed E-state index contributed by atoms with van der Waals surface area (Å²) in [5.41, 5.74) is 1.87. The van der Waals surface area contributed by atoms with Gasteiger partial charge in [0, 0.05) is 12.6 Å². The Morgan fingerprint density at radius 1 is 1.16 bits per heavy atom. The predicted octanol–water partition coefficient (Wildman–Crippen LogP) is 3.96. The maximum absolute atomic E-state index is 13.6. The zero-order chi connectivity index (χ0) is 22.8. The number of carbonyl (C=O) groups excluding carboxylic acids is 1. The molecular formula is C23H29FN2O4S. The van der Waals surface area contributed by atoms with Crippen LogP contribution in [0, 0.1) is 5.82 Å². The molecule has 0 saturated carbocycles. The van der Waals surface area contributed by atoms with E-state index in [1.165, 1.54) is 12.1 Å². The highest BCUT2D eigenvalue weighted by Gasteiger charge is 2.40. The minimum Gasteiger partial charge on any atom is -0.444 e. The van der Waals surface area contributed by atoms with Crippen LogP contribution < -0.4 is 4.72 Å². The zero-order valence-corrected chi connectivity index (χ0v) is 19.1. The van der Waals surface area contributed by atoms with Gasteiger partial charge in [0.15, 0.2) is 0 Å². The van der Waals surface area contributed by atoms with E-state index in [0.29, 0.717) is 19.4 Å². The molecule has 0 bridgehead atoms. The molecule has 1 heterocycles. The van der Waals surface area contributed by atoms with Gasteiger partial charge in [-0.05, 0) is 62.4 Å². The van der Waals surface area contributed by atoms with E-state index in [9.17, 15) is 17.6 Å². The van der Waals surface area contributed by atoms with Gasteiger partial charge < -0.3 is 9.64 Å². The highest BCUT2D eigenvalue weighted by Crippen LogP contribution is 2.27. The van der Waals surface area contributed by atoms with Gasteiger partial charge in [-0.1, -0.05) is 36.4 Å². The van der Waals surface area contributed by atoms with Crippen molar-refractivity contribution in [3.8, 4) is 11.1 Å². The van der Waals surface area contributed by atoms with E-state index in [0.717, 1.165) is 22.9 Å². The van der Waals surface area contributed by atoms with Crippen LogP contribution in [0.5, 0.6) is 0 Å². The Hall–Kier alpha value is -2.45. The van der Waals surface area contributed by atoms with E-state index in [1.54, 1.807) is 31.7 Å². The van der Waals surface area contributed by atoms with Crippen molar-refractivity contribution in [1.82, 2.24) is 9.62 Å². The molecule has 1 fully saturated rings. The van der Waals surface area contributed by atoms with Crippen molar-refractivity contribution in [2.24, 2.45) is 0 Å². The van der Waals surface area contributed by atoms with Crippen LogP contribution in [-0.2, 0) is 21.2 Å². The molecule has 1 amide bonds. The summed E-state index contributed by atoms with van der Waals surface area (Å²) in [7, 11) is -3.44. The van der Waals surface area contributed by atoms with Crippen LogP contribution in [0.1, 0.15) is 32.8 Å². The van der Waals surface area contributed by atoms with Crippen molar-refractivity contribution in [2.75, 3.05) is 12.8 Å². The first-order valence-corrected chi connectivity index (χ1v) is 12.1. The quantitative estimate of drug-likeness (QED) is 0.751. The molecule has 2 atom stereocenters. The number of rotatable bonds is 5. The Morgan fingerprint density at radius 2 is 1.81 bits per heavy atom. The lowest BCUT2D eigenvalue weighted by molar-refractivity contribution is 0.0218. The Labute approximate surface area is 183 Å². The van der Waals surface area contributed by atoms with E-state index in [-0.39, 0.29) is 5.82 Å². The molecule has 2 aromatic carbocycles. The molecule has 8 heteroatoms. The summed E-state index contributed by atoms with van der Waals surface area (Å²) in [6.45, 7) is 5.79. The van der Waals surface area contributed by atoms with Crippen LogP contribution >= 0.6 is 0 Å². The first-order valence-electron chi connectivity index (χ1n) is 10.2. The Bertz CT molecular complexity index is 1050. The molecule has 1 aliphatic rings. The molecule has 31 heavy (non-hydrogen) atoms. The molecule has 2 aromatic rings. The number of amides is 1. The van der Waals surface area contributed by atoms with Crippen molar-refractivity contribution in [3.63, 3.8) is 0 Å². The highest BCUT2D eigenvalue weighted by molar-refractivity contribution is 7.88. The van der Waals surface area contributed by atoms with Crippen LogP contribution in [0.15, 0.2) is 48.5 Å². The van der Waals surface area contributed by atoms with Gasteiger partial charge >= 0.3 is 6.09 Å². The average Bonchev–Trinajstić information content (AvgIpc) is 3.01. The van der Waals surface area contributed by atoms with Crippen LogP contribution in [0.4, 0.5) is 9.18 Å². The second-order valence-corrected chi connectivity index (χ2v) is 10.7. The number of nitrogens with one attached hydrogen (secondary N) is 1. The first-order chi connectivity index (χ1) is 14.4. The normalized spacial score (nSPS) is 19.5. The Balaban J connectivity index is 1.88. The molecule has 0 spiro atoms. The predicted molar refractivity (Wildman–Crippen MR) is 119 cm³/mol. The van der Waals surface area contributed by atoms with Gasteiger partial charge in [-0.3, -0.25) is 0 Å². The Kier molecular flexibility index (Phi) is 6.71. The van der Waals surface area contributed by atoms with Gasteiger partial charge in [0.25, 0.3) is 0 Å². The van der Waals surface area contributed by atoms with E-state index in [4.69, 9.17) is 4.74 Å². The fraction of sp³-hybridized carbons (Fsp3) is 0.435. The SMILES string of the molecule is CC(C)(C)OC(=O)N1CC[C@H](NS(C)(=O)=O)[C@@H]1Cc1cccc(-c2cccc(F)c2)c1. The van der Waals surface area contributed by atoms with E-state index < -0.39 is 33.8 Å². The maximum atomic E-state index is 13.6. The number of sulfonamides is 1. The van der Waals surface area contributed by atoms with Crippen LogP contribution in [0.3, 0.4) is 0 Å². The number of nitrogens with zero attached hydrogens (tertiary/aromatic N) is 1. The molecule has 0 radical (unpaired) electrons. The van der Waals surface area contributed by atoms with Crippen molar-refractivity contribution in [2.45, 2.75) is 51.3 Å². The number of ether oxygens (including phenoxy) is 1. The summed E-state index contributed by atoms with van der Waals surface area (Å²) >= 11 is 0. The summed E-state index contributed by atoms with van der Waals surface area (Å²) in [5, 5.41) is 0. The van der Waals surface area contributed by atoms with Crippen molar-refractivity contribution in [3.05, 3.63) is 59.9 Å². The van der Waals surface area contributed by atoms with Gasteiger partial charge in [-0.25, -0.2) is 22.3 Å². The summed E-state index contributed by atoms with van der Waals surface area (Å²) in [6.07, 6.45) is 1.59. The molecule has 0 unspecified atom stereocenters. The van der Waals surface area contributed by atoms with Crippen LogP contribution in [0.25, 0.3) is 11.1 Å². The lowest BCUT2D eigenvalue weighted by Gasteiger charge is -2.31. The lowest BCUT2D eigenvalue weighted by Crippen LogP contribution is -2.48. The molecular weight excluding hydrogens is 419 g/mol. The fourth-order valence-corrected chi connectivity index (χ4v) is 4.68. The van der Waals surface area contributed by atoms with Gasteiger partial charge in [-0.15, -0.1) is 0 Å². The number of halogens is 1. The van der Waals surface area contributed by atoms with Crippen LogP contribution in [-0.4, -0.2) is 49.9 Å². The maximum Gasteiger partial charge on any atom is 0.410 e. The standard InChI is InChI=1S/C23H29FN2O4S/c1-23(2,3)30-22(27)26-12-11-20(25-31(4,28)29)21(26)14-16-7-5-8-17(13-16)18-9-6-10-19(24)15-18/h5-10,13,15,20-21,25H,11-12,14H2,1-4H3/t20-,21-/m0/s1. The molecule has 0 aromatic heterocycles. The topological polar surface area (TPSA) is 75.7 Å². The van der Waals surface area contributed by atoms with Crippen LogP contribution in [0.2, 0.25) is 0 Å². The third-order valence-electron chi connectivity index (χ3n) is 5.07. The third-order valence-corrected chi connectivity index (χ3v) is 5.80. The lowest BCUT2D eigenvalue weighted by atomic mass is 9.97. The molecule has 168 valence electrons. The monoisotopic (exact) mass is 448 g/mol. The summed E-state index contributed by atoms with van der Waals surface area (Å²) in [4.78, 5) is 14.4.